The van der Waals surface area contributed by atoms with E-state index in [9.17, 15) is 4.79 Å². The van der Waals surface area contributed by atoms with Crippen LogP contribution in [-0.4, -0.2) is 18.6 Å². The van der Waals surface area contributed by atoms with Crippen molar-refractivity contribution in [1.29, 1.82) is 0 Å². The number of ether oxygens (including phenoxy) is 1. The van der Waals surface area contributed by atoms with Gasteiger partial charge >= 0.3 is 5.97 Å². The van der Waals surface area contributed by atoms with Gasteiger partial charge in [-0.3, -0.25) is 0 Å². The van der Waals surface area contributed by atoms with Crippen molar-refractivity contribution >= 4 is 5.97 Å². The summed E-state index contributed by atoms with van der Waals surface area (Å²) in [6.45, 7) is 4.28. The van der Waals surface area contributed by atoms with Crippen LogP contribution in [0.3, 0.4) is 0 Å². The Bertz CT molecular complexity index is 104. The number of rotatable bonds is 4. The molecule has 0 aliphatic carbocycles. The first kappa shape index (κ1) is 9.43. The van der Waals surface area contributed by atoms with Crippen molar-refractivity contribution in [1.82, 2.24) is 0 Å². The van der Waals surface area contributed by atoms with Gasteiger partial charge in [-0.25, -0.2) is 4.79 Å². The Balaban J connectivity index is 3.49. The van der Waals surface area contributed by atoms with Gasteiger partial charge in [-0.05, 0) is 13.3 Å². The third-order valence-electron chi connectivity index (χ3n) is 1.26. The van der Waals surface area contributed by atoms with E-state index in [1.54, 1.807) is 6.92 Å². The van der Waals surface area contributed by atoms with E-state index in [4.69, 9.17) is 4.74 Å². The Morgan fingerprint density at radius 1 is 1.60 bits per heavy atom. The van der Waals surface area contributed by atoms with Gasteiger partial charge in [-0.15, -0.1) is 0 Å². The molecule has 0 aromatic heterocycles. The molecule has 0 heterocycles. The molecule has 3 nitrogen and oxygen atoms in total. The third-order valence-corrected chi connectivity index (χ3v) is 1.26. The molecular formula is C7H16NO2+. The van der Waals surface area contributed by atoms with Crippen LogP contribution in [0, 0.1) is 0 Å². The maximum Gasteiger partial charge on any atom is 0.364 e. The van der Waals surface area contributed by atoms with Gasteiger partial charge in [0, 0.05) is 6.42 Å². The van der Waals surface area contributed by atoms with Crippen LogP contribution in [0.1, 0.15) is 26.7 Å². The minimum Gasteiger partial charge on any atom is -0.462 e. The first-order valence-electron chi connectivity index (χ1n) is 3.72. The smallest absolute Gasteiger partial charge is 0.364 e. The maximum absolute atomic E-state index is 10.8. The molecule has 1 atom stereocenters. The highest BCUT2D eigenvalue weighted by Crippen LogP contribution is 1.93. The molecule has 10 heavy (non-hydrogen) atoms. The molecule has 0 amide bonds. The van der Waals surface area contributed by atoms with Gasteiger partial charge < -0.3 is 10.5 Å². The van der Waals surface area contributed by atoms with Crippen LogP contribution in [0.15, 0.2) is 0 Å². The number of esters is 1. The summed E-state index contributed by atoms with van der Waals surface area (Å²) in [5, 5.41) is 0. The van der Waals surface area contributed by atoms with Crippen LogP contribution in [0.4, 0.5) is 0 Å². The molecule has 0 unspecified atom stereocenters. The van der Waals surface area contributed by atoms with E-state index < -0.39 is 0 Å². The Morgan fingerprint density at radius 2 is 2.20 bits per heavy atom. The Hall–Kier alpha value is -0.570. The second-order valence-corrected chi connectivity index (χ2v) is 2.24. The summed E-state index contributed by atoms with van der Waals surface area (Å²) >= 11 is 0. The van der Waals surface area contributed by atoms with Crippen LogP contribution >= 0.6 is 0 Å². The maximum atomic E-state index is 10.8. The molecule has 0 rings (SSSR count). The molecule has 0 aromatic rings. The van der Waals surface area contributed by atoms with Crippen molar-refractivity contribution in [3.63, 3.8) is 0 Å². The Labute approximate surface area is 61.5 Å². The minimum absolute atomic E-state index is 0.176. The molecule has 3 heteroatoms. The van der Waals surface area contributed by atoms with Crippen molar-refractivity contribution < 1.29 is 15.3 Å². The van der Waals surface area contributed by atoms with Crippen molar-refractivity contribution in [2.24, 2.45) is 0 Å². The van der Waals surface area contributed by atoms with E-state index in [2.05, 4.69) is 5.73 Å². The van der Waals surface area contributed by atoms with E-state index >= 15 is 0 Å². The van der Waals surface area contributed by atoms with Gasteiger partial charge in [0.15, 0.2) is 6.04 Å². The molecule has 60 valence electrons. The van der Waals surface area contributed by atoms with Crippen LogP contribution in [0.25, 0.3) is 0 Å². The summed E-state index contributed by atoms with van der Waals surface area (Å²) in [7, 11) is 0. The van der Waals surface area contributed by atoms with Gasteiger partial charge in [-0.1, -0.05) is 6.92 Å². The lowest BCUT2D eigenvalue weighted by molar-refractivity contribution is -0.409. The van der Waals surface area contributed by atoms with Crippen molar-refractivity contribution in [2.45, 2.75) is 32.7 Å². The van der Waals surface area contributed by atoms with Crippen LogP contribution < -0.4 is 5.73 Å². The average molecular weight is 146 g/mol. The standard InChI is InChI=1S/C7H15NO2/c1-3-5-6(8)7(9)10-4-2/h6H,3-5,8H2,1-2H3/p+1/t6-/m0/s1. The molecule has 3 N–H and O–H groups in total. The van der Waals surface area contributed by atoms with Gasteiger partial charge in [0.25, 0.3) is 0 Å². The molecule has 0 saturated heterocycles. The van der Waals surface area contributed by atoms with Crippen LogP contribution in [0.5, 0.6) is 0 Å². The number of carbonyl (C=O) groups is 1. The summed E-state index contributed by atoms with van der Waals surface area (Å²) in [6, 6.07) is -0.176. The average Bonchev–Trinajstić information content (AvgIpc) is 1.89. The van der Waals surface area contributed by atoms with E-state index in [1.165, 1.54) is 0 Å². The molecular weight excluding hydrogens is 130 g/mol. The van der Waals surface area contributed by atoms with Crippen molar-refractivity contribution in [3.05, 3.63) is 0 Å². The van der Waals surface area contributed by atoms with Crippen LogP contribution in [0.2, 0.25) is 0 Å². The first-order chi connectivity index (χ1) is 4.72. The molecule has 0 fully saturated rings. The lowest BCUT2D eigenvalue weighted by Crippen LogP contribution is -2.65. The highest BCUT2D eigenvalue weighted by atomic mass is 16.5. The van der Waals surface area contributed by atoms with E-state index in [0.717, 1.165) is 12.8 Å². The Kier molecular flexibility index (Phi) is 4.94. The molecule has 0 radical (unpaired) electrons. The van der Waals surface area contributed by atoms with Gasteiger partial charge in [0.05, 0.1) is 6.61 Å². The molecule has 0 aliphatic heterocycles. The van der Waals surface area contributed by atoms with Gasteiger partial charge in [-0.2, -0.15) is 0 Å². The molecule has 0 saturated carbocycles. The second kappa shape index (κ2) is 5.23. The van der Waals surface area contributed by atoms with E-state index in [-0.39, 0.29) is 12.0 Å². The lowest BCUT2D eigenvalue weighted by Gasteiger charge is -2.04. The predicted octanol–water partition coefficient (Wildman–Crippen LogP) is -0.0399. The van der Waals surface area contributed by atoms with Crippen molar-refractivity contribution in [2.75, 3.05) is 6.61 Å². The van der Waals surface area contributed by atoms with Crippen LogP contribution in [-0.2, 0) is 9.53 Å². The SMILES string of the molecule is CCC[C@H]([NH3+])C(=O)OCC. The molecule has 0 bridgehead atoms. The second-order valence-electron chi connectivity index (χ2n) is 2.24. The number of carbonyl (C=O) groups excluding carboxylic acids is 1. The fourth-order valence-corrected chi connectivity index (χ4v) is 0.726. The molecule has 0 aliphatic rings. The summed E-state index contributed by atoms with van der Waals surface area (Å²) in [6.07, 6.45) is 1.80. The van der Waals surface area contributed by atoms with E-state index in [1.807, 2.05) is 6.92 Å². The molecule has 0 spiro atoms. The minimum atomic E-state index is -0.177. The quantitative estimate of drug-likeness (QED) is 0.566. The zero-order chi connectivity index (χ0) is 7.98. The lowest BCUT2D eigenvalue weighted by atomic mass is 10.2. The predicted molar refractivity (Wildman–Crippen MR) is 38.2 cm³/mol. The van der Waals surface area contributed by atoms with Crippen molar-refractivity contribution in [3.8, 4) is 0 Å². The number of quaternary nitrogens is 1. The van der Waals surface area contributed by atoms with E-state index in [0.29, 0.717) is 6.61 Å². The topological polar surface area (TPSA) is 53.9 Å². The largest absolute Gasteiger partial charge is 0.462 e. The highest BCUT2D eigenvalue weighted by molar-refractivity contribution is 5.73. The summed E-state index contributed by atoms with van der Waals surface area (Å²) in [5.74, 6) is -0.177. The number of hydrogen-bond donors (Lipinski definition) is 1. The normalized spacial score (nSPS) is 12.7. The van der Waals surface area contributed by atoms with Gasteiger partial charge in [0.1, 0.15) is 0 Å². The first-order valence-corrected chi connectivity index (χ1v) is 3.72. The Morgan fingerprint density at radius 3 is 2.60 bits per heavy atom. The highest BCUT2D eigenvalue weighted by Gasteiger charge is 2.15. The summed E-state index contributed by atoms with van der Waals surface area (Å²) < 4.78 is 4.75. The fourth-order valence-electron chi connectivity index (χ4n) is 0.726. The summed E-state index contributed by atoms with van der Waals surface area (Å²) in [4.78, 5) is 10.8. The summed E-state index contributed by atoms with van der Waals surface area (Å²) in [5.41, 5.74) is 3.67. The number of hydrogen-bond acceptors (Lipinski definition) is 2. The monoisotopic (exact) mass is 146 g/mol. The fraction of sp³-hybridized carbons (Fsp3) is 0.857. The molecule has 0 aromatic carbocycles. The van der Waals surface area contributed by atoms with Gasteiger partial charge in [0.2, 0.25) is 0 Å². The zero-order valence-corrected chi connectivity index (χ0v) is 6.72. The third kappa shape index (κ3) is 3.45. The zero-order valence-electron chi connectivity index (χ0n) is 6.72.